The van der Waals surface area contributed by atoms with Crippen molar-refractivity contribution in [3.63, 3.8) is 0 Å². The van der Waals surface area contributed by atoms with E-state index >= 15 is 4.79 Å². The van der Waals surface area contributed by atoms with Crippen molar-refractivity contribution in [2.45, 2.75) is 45.4 Å². The van der Waals surface area contributed by atoms with Crippen LogP contribution in [0.2, 0.25) is 0 Å². The number of benzene rings is 5. The molecule has 0 saturated heterocycles. The van der Waals surface area contributed by atoms with Gasteiger partial charge in [0, 0.05) is 41.6 Å². The average molecular weight is 750 g/mol. The molecule has 0 fully saturated rings. The molecule has 56 heavy (non-hydrogen) atoms. The lowest BCUT2D eigenvalue weighted by molar-refractivity contribution is -0.121. The first-order chi connectivity index (χ1) is 26.9. The van der Waals surface area contributed by atoms with Crippen molar-refractivity contribution >= 4 is 51.8 Å². The van der Waals surface area contributed by atoms with Crippen LogP contribution in [-0.4, -0.2) is 56.7 Å². The van der Waals surface area contributed by atoms with Crippen molar-refractivity contribution < 1.29 is 23.9 Å². The molecule has 0 saturated carbocycles. The zero-order valence-electron chi connectivity index (χ0n) is 31.4. The first-order valence-corrected chi connectivity index (χ1v) is 18.4. The van der Waals surface area contributed by atoms with Crippen molar-refractivity contribution in [3.8, 4) is 5.69 Å². The Labute approximate surface area is 324 Å². The highest BCUT2D eigenvalue weighted by molar-refractivity contribution is 6.12. The minimum absolute atomic E-state index is 0.113. The molecule has 1 aliphatic heterocycles. The van der Waals surface area contributed by atoms with E-state index in [1.54, 1.807) is 72.8 Å². The molecule has 0 radical (unpaired) electrons. The third-order valence-electron chi connectivity index (χ3n) is 9.57. The molecular weight excluding hydrogens is 707 g/mol. The second-order valence-electron chi connectivity index (χ2n) is 14.7. The van der Waals surface area contributed by atoms with Crippen molar-refractivity contribution in [1.29, 1.82) is 0 Å². The fraction of sp³-hybridized carbons (Fsp3) is 0.205. The highest BCUT2D eigenvalue weighted by Crippen LogP contribution is 2.33. The lowest BCUT2D eigenvalue weighted by Gasteiger charge is -2.41. The Hall–Kier alpha value is -6.95. The Morgan fingerprint density at radius 2 is 1.43 bits per heavy atom. The van der Waals surface area contributed by atoms with E-state index in [4.69, 9.17) is 15.6 Å². The maximum Gasteiger partial charge on any atom is 0.407 e. The van der Waals surface area contributed by atoms with Crippen molar-refractivity contribution in [2.75, 3.05) is 22.9 Å². The summed E-state index contributed by atoms with van der Waals surface area (Å²) in [6.07, 6.45) is -0.350. The van der Waals surface area contributed by atoms with E-state index in [-0.39, 0.29) is 30.3 Å². The van der Waals surface area contributed by atoms with Gasteiger partial charge in [0.15, 0.2) is 5.69 Å². The Bertz CT molecular complexity index is 2410. The fourth-order valence-corrected chi connectivity index (χ4v) is 6.99. The number of nitrogens with zero attached hydrogens (tertiary/aromatic N) is 3. The molecule has 6 aromatic rings. The molecule has 1 unspecified atom stereocenters. The number of rotatable bonds is 9. The van der Waals surface area contributed by atoms with Gasteiger partial charge in [-0.05, 0) is 86.8 Å². The summed E-state index contributed by atoms with van der Waals surface area (Å²) in [7, 11) is 0. The molecule has 1 aromatic heterocycles. The number of ether oxygens (including phenoxy) is 1. The summed E-state index contributed by atoms with van der Waals surface area (Å²) in [5.74, 6) is -2.11. The molecule has 7 rings (SSSR count). The molecule has 5 N–H and O–H groups in total. The number of nitrogens with two attached hydrogens (primary N) is 1. The number of carbonyl (C=O) groups excluding carboxylic acids is 4. The largest absolute Gasteiger partial charge is 0.444 e. The summed E-state index contributed by atoms with van der Waals surface area (Å²) in [6, 6.07) is 37.5. The number of alkyl carbamates (subject to hydrolysis) is 1. The van der Waals surface area contributed by atoms with Gasteiger partial charge in [0.25, 0.3) is 11.8 Å². The highest BCUT2D eigenvalue weighted by atomic mass is 16.6. The SMILES string of the molecule is CC(C)(C)OC(=O)NCC(C(=O)Nc1ccccc1)[C@@H]1Cc2ccccc2CN1C(=O)c1cc(N)ccc1-n1nc(C(=O)Nc2ccccc2)c2ccccc21. The molecule has 0 aliphatic carbocycles. The minimum atomic E-state index is -0.914. The Balaban J connectivity index is 1.30. The summed E-state index contributed by atoms with van der Waals surface area (Å²) in [5, 5.41) is 14.1. The first kappa shape index (κ1) is 37.4. The summed E-state index contributed by atoms with van der Waals surface area (Å²) in [6.45, 7) is 5.34. The summed E-state index contributed by atoms with van der Waals surface area (Å²) in [4.78, 5) is 57.8. The molecule has 2 atom stereocenters. The standard InChI is InChI=1S/C44H43N7O5/c1-44(2,3)56-43(55)46-26-35(40(52)47-31-16-6-4-7-17-31)38-24-28-14-10-11-15-29(28)27-50(38)42(54)34-25-30(45)22-23-37(34)51-36-21-13-12-20-33(36)39(49-51)41(53)48-32-18-8-5-9-19-32/h4-23,25,35,38H,24,26-27,45H2,1-3H3,(H,46,55)(H,47,52)(H,48,53)/t35?,38-/m0/s1. The molecule has 5 aromatic carbocycles. The molecule has 12 nitrogen and oxygen atoms in total. The molecule has 2 heterocycles. The first-order valence-electron chi connectivity index (χ1n) is 18.4. The van der Waals surface area contributed by atoms with E-state index in [9.17, 15) is 14.4 Å². The summed E-state index contributed by atoms with van der Waals surface area (Å²) in [5.41, 5.74) is 10.4. The minimum Gasteiger partial charge on any atom is -0.444 e. The predicted octanol–water partition coefficient (Wildman–Crippen LogP) is 7.21. The van der Waals surface area contributed by atoms with Crippen LogP contribution in [0.1, 0.15) is 52.7 Å². The van der Waals surface area contributed by atoms with Crippen LogP contribution in [0.5, 0.6) is 0 Å². The lowest BCUT2D eigenvalue weighted by Crippen LogP contribution is -2.54. The van der Waals surface area contributed by atoms with E-state index in [2.05, 4.69) is 16.0 Å². The second kappa shape index (κ2) is 15.8. The average Bonchev–Trinajstić information content (AvgIpc) is 3.57. The van der Waals surface area contributed by atoms with Crippen LogP contribution in [0.4, 0.5) is 21.9 Å². The van der Waals surface area contributed by atoms with Gasteiger partial charge in [0.1, 0.15) is 5.60 Å². The summed E-state index contributed by atoms with van der Waals surface area (Å²) >= 11 is 0. The number of amides is 4. The number of carbonyl (C=O) groups is 4. The predicted molar refractivity (Wildman–Crippen MR) is 216 cm³/mol. The van der Waals surface area contributed by atoms with Crippen molar-refractivity contribution in [2.24, 2.45) is 5.92 Å². The van der Waals surface area contributed by atoms with Gasteiger partial charge in [0.05, 0.1) is 22.7 Å². The topological polar surface area (TPSA) is 161 Å². The van der Waals surface area contributed by atoms with Crippen LogP contribution in [0.25, 0.3) is 16.6 Å². The number of hydrogen-bond acceptors (Lipinski definition) is 7. The Kier molecular flexibility index (Phi) is 10.5. The molecule has 12 heteroatoms. The molecule has 0 spiro atoms. The van der Waals surface area contributed by atoms with E-state index in [1.165, 1.54) is 0 Å². The van der Waals surface area contributed by atoms with Crippen molar-refractivity contribution in [3.05, 3.63) is 150 Å². The third-order valence-corrected chi connectivity index (χ3v) is 9.57. The van der Waals surface area contributed by atoms with Gasteiger partial charge < -0.3 is 31.3 Å². The number of nitrogen functional groups attached to an aromatic ring is 1. The van der Waals surface area contributed by atoms with Gasteiger partial charge in [0.2, 0.25) is 5.91 Å². The molecule has 0 bridgehead atoms. The van der Waals surface area contributed by atoms with Crippen LogP contribution < -0.4 is 21.7 Å². The van der Waals surface area contributed by atoms with Gasteiger partial charge >= 0.3 is 6.09 Å². The van der Waals surface area contributed by atoms with Gasteiger partial charge in [-0.3, -0.25) is 14.4 Å². The smallest absolute Gasteiger partial charge is 0.407 e. The fourth-order valence-electron chi connectivity index (χ4n) is 6.99. The zero-order valence-corrected chi connectivity index (χ0v) is 31.4. The van der Waals surface area contributed by atoms with Crippen LogP contribution in [0.3, 0.4) is 0 Å². The Morgan fingerprint density at radius 3 is 2.12 bits per heavy atom. The number of hydrogen-bond donors (Lipinski definition) is 4. The van der Waals surface area contributed by atoms with Crippen LogP contribution in [0.15, 0.2) is 127 Å². The van der Waals surface area contributed by atoms with Crippen molar-refractivity contribution in [1.82, 2.24) is 20.0 Å². The number of nitrogens with one attached hydrogen (secondary N) is 3. The monoisotopic (exact) mass is 749 g/mol. The van der Waals surface area contributed by atoms with E-state index in [1.807, 2.05) is 84.9 Å². The zero-order chi connectivity index (χ0) is 39.4. The number of aromatic nitrogens is 2. The van der Waals surface area contributed by atoms with Crippen LogP contribution in [0, 0.1) is 5.92 Å². The second-order valence-corrected chi connectivity index (χ2v) is 14.7. The van der Waals surface area contributed by atoms with E-state index in [0.29, 0.717) is 40.1 Å². The number of para-hydroxylation sites is 3. The van der Waals surface area contributed by atoms with Gasteiger partial charge in [-0.15, -0.1) is 0 Å². The quantitative estimate of drug-likeness (QED) is 0.114. The van der Waals surface area contributed by atoms with E-state index < -0.39 is 35.5 Å². The number of anilines is 3. The third kappa shape index (κ3) is 8.24. The molecule has 4 amide bonds. The van der Waals surface area contributed by atoms with E-state index in [0.717, 1.165) is 11.1 Å². The number of fused-ring (bicyclic) bond motifs is 2. The van der Waals surface area contributed by atoms with Crippen LogP contribution >= 0.6 is 0 Å². The van der Waals surface area contributed by atoms with Gasteiger partial charge in [-0.25, -0.2) is 9.48 Å². The summed E-state index contributed by atoms with van der Waals surface area (Å²) < 4.78 is 7.11. The molecule has 284 valence electrons. The maximum atomic E-state index is 15.2. The highest BCUT2D eigenvalue weighted by Gasteiger charge is 2.40. The Morgan fingerprint density at radius 1 is 0.804 bits per heavy atom. The molecule has 1 aliphatic rings. The van der Waals surface area contributed by atoms with Gasteiger partial charge in [-0.1, -0.05) is 78.9 Å². The maximum absolute atomic E-state index is 15.2. The molecular formula is C44H43N7O5. The lowest BCUT2D eigenvalue weighted by atomic mass is 9.85. The van der Waals surface area contributed by atoms with Gasteiger partial charge in [-0.2, -0.15) is 5.10 Å². The normalized spacial score (nSPS) is 14.3. The van der Waals surface area contributed by atoms with Crippen LogP contribution in [-0.2, 0) is 22.5 Å².